The average Bonchev–Trinajstić information content (AvgIpc) is 2.61. The Morgan fingerprint density at radius 2 is 2.08 bits per heavy atom. The zero-order valence-electron chi connectivity index (χ0n) is 15.0. The van der Waals surface area contributed by atoms with Crippen LogP contribution in [-0.4, -0.2) is 51.3 Å². The number of nitrogens with two attached hydrogens (primary N) is 1. The fraction of sp³-hybridized carbons (Fsp3) is 0.588. The van der Waals surface area contributed by atoms with Crippen LogP contribution >= 0.6 is 0 Å². The van der Waals surface area contributed by atoms with E-state index in [4.69, 9.17) is 10.5 Å². The summed E-state index contributed by atoms with van der Waals surface area (Å²) < 4.78 is 29.7. The number of likely N-dealkylation sites (tertiary alicyclic amines) is 1. The van der Waals surface area contributed by atoms with Crippen molar-refractivity contribution in [1.82, 2.24) is 10.2 Å². The number of carbonyl (C=O) groups is 1. The third-order valence-electron chi connectivity index (χ3n) is 4.61. The Balaban J connectivity index is 2.36. The Bertz CT molecular complexity index is 734. The summed E-state index contributed by atoms with van der Waals surface area (Å²) in [5.41, 5.74) is 6.13. The summed E-state index contributed by atoms with van der Waals surface area (Å²) in [7, 11) is -2.10. The third-order valence-corrected chi connectivity index (χ3v) is 6.39. The first-order valence-corrected chi connectivity index (χ1v) is 10.2. The number of piperidine rings is 1. The second-order valence-corrected chi connectivity index (χ2v) is 8.35. The first-order valence-electron chi connectivity index (χ1n) is 8.59. The topological polar surface area (TPSA) is 102 Å². The molecule has 0 radical (unpaired) electrons. The van der Waals surface area contributed by atoms with Gasteiger partial charge in [-0.1, -0.05) is 13.8 Å². The molecular weight excluding hydrogens is 342 g/mol. The maximum absolute atomic E-state index is 12.8. The van der Waals surface area contributed by atoms with Crippen LogP contribution in [-0.2, 0) is 9.84 Å². The number of rotatable bonds is 6. The summed E-state index contributed by atoms with van der Waals surface area (Å²) in [5.74, 6) is -0.171. The maximum atomic E-state index is 12.8. The monoisotopic (exact) mass is 369 g/mol. The van der Waals surface area contributed by atoms with E-state index in [-0.39, 0.29) is 39.7 Å². The number of nitrogen functional groups attached to an aromatic ring is 1. The summed E-state index contributed by atoms with van der Waals surface area (Å²) in [6.07, 6.45) is 2.98. The van der Waals surface area contributed by atoms with Crippen molar-refractivity contribution in [3.63, 3.8) is 0 Å². The molecule has 1 aromatic rings. The number of nitrogens with one attached hydrogen (secondary N) is 1. The van der Waals surface area contributed by atoms with Gasteiger partial charge in [-0.2, -0.15) is 0 Å². The molecule has 2 rings (SSSR count). The molecule has 1 atom stereocenters. The fourth-order valence-electron chi connectivity index (χ4n) is 3.11. The highest BCUT2D eigenvalue weighted by Crippen LogP contribution is 2.29. The molecule has 0 aliphatic carbocycles. The predicted molar refractivity (Wildman–Crippen MR) is 97.5 cm³/mol. The summed E-state index contributed by atoms with van der Waals surface area (Å²) >= 11 is 0. The summed E-state index contributed by atoms with van der Waals surface area (Å²) in [6, 6.07) is 2.72. The van der Waals surface area contributed by atoms with Gasteiger partial charge in [0.05, 0.1) is 35.2 Å². The number of methoxy groups -OCH3 is 1. The van der Waals surface area contributed by atoms with Crippen LogP contribution < -0.4 is 15.8 Å². The SMILES string of the molecule is CCN1CCCCC1NC(=O)c1cc(S(=O)(=O)CC)c(N)cc1OC. The van der Waals surface area contributed by atoms with Gasteiger partial charge in [-0.15, -0.1) is 0 Å². The summed E-state index contributed by atoms with van der Waals surface area (Å²) in [5, 5.41) is 3.00. The normalized spacial score (nSPS) is 18.8. The molecule has 140 valence electrons. The molecule has 1 aliphatic rings. The van der Waals surface area contributed by atoms with E-state index in [0.29, 0.717) is 0 Å². The lowest BCUT2D eigenvalue weighted by atomic mass is 10.1. The van der Waals surface area contributed by atoms with Gasteiger partial charge >= 0.3 is 0 Å². The Hall–Kier alpha value is -1.80. The molecule has 0 aromatic heterocycles. The van der Waals surface area contributed by atoms with Gasteiger partial charge in [0.1, 0.15) is 5.75 Å². The highest BCUT2D eigenvalue weighted by molar-refractivity contribution is 7.91. The third kappa shape index (κ3) is 4.24. The number of anilines is 1. The molecule has 0 spiro atoms. The Morgan fingerprint density at radius 1 is 1.36 bits per heavy atom. The molecule has 0 saturated carbocycles. The molecule has 8 heteroatoms. The minimum Gasteiger partial charge on any atom is -0.496 e. The minimum absolute atomic E-state index is 0.0306. The van der Waals surface area contributed by atoms with E-state index in [1.807, 2.05) is 0 Å². The number of hydrogen-bond donors (Lipinski definition) is 2. The van der Waals surface area contributed by atoms with E-state index in [0.717, 1.165) is 32.4 Å². The van der Waals surface area contributed by atoms with Gasteiger partial charge in [-0.25, -0.2) is 8.42 Å². The molecule has 1 heterocycles. The molecule has 0 bridgehead atoms. The van der Waals surface area contributed by atoms with E-state index >= 15 is 0 Å². The van der Waals surface area contributed by atoms with E-state index < -0.39 is 9.84 Å². The van der Waals surface area contributed by atoms with Gasteiger partial charge in [-0.05, 0) is 31.9 Å². The van der Waals surface area contributed by atoms with E-state index in [2.05, 4.69) is 17.1 Å². The molecule has 7 nitrogen and oxygen atoms in total. The van der Waals surface area contributed by atoms with Crippen LogP contribution in [0.1, 0.15) is 43.5 Å². The van der Waals surface area contributed by atoms with Crippen molar-refractivity contribution in [3.05, 3.63) is 17.7 Å². The van der Waals surface area contributed by atoms with Crippen LogP contribution in [0.15, 0.2) is 17.0 Å². The average molecular weight is 369 g/mol. The first-order chi connectivity index (χ1) is 11.8. The lowest BCUT2D eigenvalue weighted by Gasteiger charge is -2.35. The van der Waals surface area contributed by atoms with Crippen LogP contribution in [0.25, 0.3) is 0 Å². The molecular formula is C17H27N3O4S. The quantitative estimate of drug-likeness (QED) is 0.739. The van der Waals surface area contributed by atoms with Crippen molar-refractivity contribution in [2.75, 3.05) is 31.7 Å². The number of ether oxygens (including phenoxy) is 1. The highest BCUT2D eigenvalue weighted by atomic mass is 32.2. The molecule has 25 heavy (non-hydrogen) atoms. The largest absolute Gasteiger partial charge is 0.496 e. The Kier molecular flexibility index (Phi) is 6.29. The summed E-state index contributed by atoms with van der Waals surface area (Å²) in [6.45, 7) is 5.38. The van der Waals surface area contributed by atoms with Gasteiger partial charge in [-0.3, -0.25) is 9.69 Å². The van der Waals surface area contributed by atoms with Crippen LogP contribution in [0.2, 0.25) is 0 Å². The van der Waals surface area contributed by atoms with Crippen molar-refractivity contribution in [2.24, 2.45) is 0 Å². The van der Waals surface area contributed by atoms with Gasteiger partial charge < -0.3 is 15.8 Å². The van der Waals surface area contributed by atoms with E-state index in [9.17, 15) is 13.2 Å². The van der Waals surface area contributed by atoms with Gasteiger partial charge in [0, 0.05) is 12.6 Å². The molecule has 1 saturated heterocycles. The van der Waals surface area contributed by atoms with Gasteiger partial charge in [0.15, 0.2) is 9.84 Å². The van der Waals surface area contributed by atoms with Crippen molar-refractivity contribution in [3.8, 4) is 5.75 Å². The van der Waals surface area contributed by atoms with Crippen LogP contribution in [0.5, 0.6) is 5.75 Å². The van der Waals surface area contributed by atoms with Crippen molar-refractivity contribution < 1.29 is 17.9 Å². The van der Waals surface area contributed by atoms with Crippen molar-refractivity contribution in [2.45, 2.75) is 44.2 Å². The van der Waals surface area contributed by atoms with Crippen LogP contribution in [0.4, 0.5) is 5.69 Å². The second kappa shape index (κ2) is 8.05. The van der Waals surface area contributed by atoms with Gasteiger partial charge in [0.2, 0.25) is 0 Å². The van der Waals surface area contributed by atoms with Crippen molar-refractivity contribution in [1.29, 1.82) is 0 Å². The lowest BCUT2D eigenvalue weighted by molar-refractivity contribution is 0.0786. The maximum Gasteiger partial charge on any atom is 0.256 e. The zero-order valence-corrected chi connectivity index (χ0v) is 15.9. The standard InChI is InChI=1S/C17H27N3O4S/c1-4-20-9-7-6-8-16(20)19-17(21)12-10-15(25(22,23)5-2)13(18)11-14(12)24-3/h10-11,16H,4-9,18H2,1-3H3,(H,19,21). The molecule has 1 unspecified atom stereocenters. The zero-order chi connectivity index (χ0) is 18.6. The van der Waals surface area contributed by atoms with E-state index in [1.165, 1.54) is 19.2 Å². The number of sulfone groups is 1. The molecule has 3 N–H and O–H groups in total. The van der Waals surface area contributed by atoms with Gasteiger partial charge in [0.25, 0.3) is 5.91 Å². The summed E-state index contributed by atoms with van der Waals surface area (Å²) in [4.78, 5) is 15.0. The Morgan fingerprint density at radius 3 is 2.68 bits per heavy atom. The van der Waals surface area contributed by atoms with Crippen molar-refractivity contribution >= 4 is 21.4 Å². The number of nitrogens with zero attached hydrogens (tertiary/aromatic N) is 1. The number of carbonyl (C=O) groups excluding carboxylic acids is 1. The Labute approximate surface area is 149 Å². The second-order valence-electron chi connectivity index (χ2n) is 6.11. The molecule has 1 fully saturated rings. The predicted octanol–water partition coefficient (Wildman–Crippen LogP) is 1.63. The first kappa shape index (κ1) is 19.5. The molecule has 1 aromatic carbocycles. The number of benzene rings is 1. The number of amides is 1. The molecule has 1 amide bonds. The van der Waals surface area contributed by atoms with Crippen LogP contribution in [0, 0.1) is 0 Å². The molecule has 1 aliphatic heterocycles. The fourth-order valence-corrected chi connectivity index (χ4v) is 4.14. The smallest absolute Gasteiger partial charge is 0.256 e. The van der Waals surface area contributed by atoms with E-state index in [1.54, 1.807) is 6.92 Å². The minimum atomic E-state index is -3.53. The van der Waals surface area contributed by atoms with Crippen LogP contribution in [0.3, 0.4) is 0 Å². The lowest BCUT2D eigenvalue weighted by Crippen LogP contribution is -2.50. The highest BCUT2D eigenvalue weighted by Gasteiger charge is 2.26. The number of hydrogen-bond acceptors (Lipinski definition) is 6.